The summed E-state index contributed by atoms with van der Waals surface area (Å²) >= 11 is 0. The van der Waals surface area contributed by atoms with E-state index in [9.17, 15) is 9.59 Å². The van der Waals surface area contributed by atoms with Crippen LogP contribution in [0.25, 0.3) is 0 Å². The molecule has 5 heteroatoms. The van der Waals surface area contributed by atoms with Crippen LogP contribution >= 0.6 is 0 Å². The maximum absolute atomic E-state index is 11.6. The highest BCUT2D eigenvalue weighted by Crippen LogP contribution is 2.13. The van der Waals surface area contributed by atoms with Gasteiger partial charge >= 0.3 is 5.97 Å². The van der Waals surface area contributed by atoms with Crippen LogP contribution in [0.15, 0.2) is 18.3 Å². The number of carbonyl (C=O) groups is 2. The van der Waals surface area contributed by atoms with E-state index in [0.29, 0.717) is 5.69 Å². The van der Waals surface area contributed by atoms with Gasteiger partial charge in [-0.25, -0.2) is 9.78 Å². The molecule has 0 aliphatic rings. The molecule has 5 nitrogen and oxygen atoms in total. The first-order valence-electron chi connectivity index (χ1n) is 4.94. The summed E-state index contributed by atoms with van der Waals surface area (Å²) in [6, 6.07) is 3.24. The minimum Gasteiger partial charge on any atom is -0.458 e. The summed E-state index contributed by atoms with van der Waals surface area (Å²) in [5.74, 6) is -0.800. The lowest BCUT2D eigenvalue weighted by molar-refractivity contribution is -0.114. The average Bonchev–Trinajstić information content (AvgIpc) is 2.16. The van der Waals surface area contributed by atoms with Crippen molar-refractivity contribution in [3.05, 3.63) is 24.0 Å². The summed E-state index contributed by atoms with van der Waals surface area (Å²) in [6.07, 6.45) is 1.25. The van der Waals surface area contributed by atoms with Crippen LogP contribution in [0.3, 0.4) is 0 Å². The Morgan fingerprint density at radius 2 is 2.12 bits per heavy atom. The lowest BCUT2D eigenvalue weighted by atomic mass is 10.3. The number of rotatable bonds is 3. The summed E-state index contributed by atoms with van der Waals surface area (Å²) in [6.45, 7) is 4.86. The Morgan fingerprint density at radius 1 is 1.44 bits per heavy atom. The number of carbonyl (C=O) groups excluding carboxylic acids is 2. The zero-order chi connectivity index (χ0) is 12.1. The van der Waals surface area contributed by atoms with E-state index in [-0.39, 0.29) is 17.7 Å². The molecule has 0 saturated heterocycles. The van der Waals surface area contributed by atoms with Gasteiger partial charge in [0, 0.05) is 13.1 Å². The second kappa shape index (κ2) is 5.25. The fourth-order valence-corrected chi connectivity index (χ4v) is 1.13. The third kappa shape index (κ3) is 3.34. The maximum Gasteiger partial charge on any atom is 0.359 e. The predicted octanol–water partition coefficient (Wildman–Crippen LogP) is 1.61. The van der Waals surface area contributed by atoms with Gasteiger partial charge in [0.2, 0.25) is 5.91 Å². The second-order valence-corrected chi connectivity index (χ2v) is 3.53. The largest absolute Gasteiger partial charge is 0.458 e. The molecule has 1 aromatic rings. The van der Waals surface area contributed by atoms with Gasteiger partial charge in [-0.1, -0.05) is 0 Å². The number of ether oxygens (including phenoxy) is 1. The van der Waals surface area contributed by atoms with E-state index in [1.165, 1.54) is 13.1 Å². The van der Waals surface area contributed by atoms with Gasteiger partial charge in [0.05, 0.1) is 11.8 Å². The van der Waals surface area contributed by atoms with Crippen LogP contribution in [-0.2, 0) is 9.53 Å². The molecule has 1 aromatic heterocycles. The molecule has 0 fully saturated rings. The number of nitrogens with one attached hydrogen (secondary N) is 1. The van der Waals surface area contributed by atoms with Gasteiger partial charge in [0.25, 0.3) is 0 Å². The van der Waals surface area contributed by atoms with Crippen LogP contribution in [0.1, 0.15) is 31.3 Å². The topological polar surface area (TPSA) is 68.3 Å². The minimum absolute atomic E-state index is 0.117. The molecular formula is C11H14N2O3. The molecule has 86 valence electrons. The van der Waals surface area contributed by atoms with Crippen molar-refractivity contribution in [2.45, 2.75) is 26.9 Å². The standard InChI is InChI=1S/C11H14N2O3/c1-7(2)16-11(15)10-9(13-8(3)14)5-4-6-12-10/h4-7H,1-3H3,(H,13,14). The molecule has 0 bridgehead atoms. The normalized spacial score (nSPS) is 10.0. The van der Waals surface area contributed by atoms with E-state index in [2.05, 4.69) is 10.3 Å². The van der Waals surface area contributed by atoms with Crippen molar-refractivity contribution < 1.29 is 14.3 Å². The molecule has 0 unspecified atom stereocenters. The lowest BCUT2D eigenvalue weighted by Gasteiger charge is -2.10. The molecule has 0 spiro atoms. The molecule has 1 amide bonds. The molecule has 0 aliphatic heterocycles. The number of aromatic nitrogens is 1. The van der Waals surface area contributed by atoms with Crippen molar-refractivity contribution >= 4 is 17.6 Å². The number of nitrogens with zero attached hydrogens (tertiary/aromatic N) is 1. The van der Waals surface area contributed by atoms with E-state index in [1.807, 2.05) is 0 Å². The first-order chi connectivity index (χ1) is 7.50. The highest BCUT2D eigenvalue weighted by Gasteiger charge is 2.15. The minimum atomic E-state index is -0.542. The number of anilines is 1. The lowest BCUT2D eigenvalue weighted by Crippen LogP contribution is -2.17. The SMILES string of the molecule is CC(=O)Nc1cccnc1C(=O)OC(C)C. The highest BCUT2D eigenvalue weighted by molar-refractivity contribution is 5.99. The summed E-state index contributed by atoms with van der Waals surface area (Å²) in [4.78, 5) is 26.4. The molecule has 1 heterocycles. The van der Waals surface area contributed by atoms with E-state index in [4.69, 9.17) is 4.74 Å². The van der Waals surface area contributed by atoms with Crippen molar-refractivity contribution in [1.29, 1.82) is 0 Å². The number of hydrogen-bond acceptors (Lipinski definition) is 4. The van der Waals surface area contributed by atoms with E-state index in [0.717, 1.165) is 0 Å². The quantitative estimate of drug-likeness (QED) is 0.789. The predicted molar refractivity (Wildman–Crippen MR) is 59.1 cm³/mol. The van der Waals surface area contributed by atoms with Gasteiger partial charge in [-0.05, 0) is 26.0 Å². The molecule has 1 rings (SSSR count). The number of pyridine rings is 1. The monoisotopic (exact) mass is 222 g/mol. The Hall–Kier alpha value is -1.91. The van der Waals surface area contributed by atoms with Gasteiger partial charge in [0.1, 0.15) is 0 Å². The fourth-order valence-electron chi connectivity index (χ4n) is 1.13. The molecule has 0 radical (unpaired) electrons. The van der Waals surface area contributed by atoms with Gasteiger partial charge in [-0.3, -0.25) is 4.79 Å². The van der Waals surface area contributed by atoms with Gasteiger partial charge in [0.15, 0.2) is 5.69 Å². The Bertz CT molecular complexity index is 402. The van der Waals surface area contributed by atoms with E-state index < -0.39 is 5.97 Å². The van der Waals surface area contributed by atoms with Crippen molar-refractivity contribution in [3.63, 3.8) is 0 Å². The van der Waals surface area contributed by atoms with Gasteiger partial charge < -0.3 is 10.1 Å². The highest BCUT2D eigenvalue weighted by atomic mass is 16.5. The van der Waals surface area contributed by atoms with Crippen LogP contribution in [0, 0.1) is 0 Å². The molecule has 0 atom stereocenters. The van der Waals surface area contributed by atoms with Crippen LogP contribution in [0.5, 0.6) is 0 Å². The number of esters is 1. The van der Waals surface area contributed by atoms with Crippen molar-refractivity contribution in [2.75, 3.05) is 5.32 Å². The van der Waals surface area contributed by atoms with Gasteiger partial charge in [-0.2, -0.15) is 0 Å². The second-order valence-electron chi connectivity index (χ2n) is 3.53. The summed E-state index contributed by atoms with van der Waals surface area (Å²) in [5, 5.41) is 2.53. The zero-order valence-corrected chi connectivity index (χ0v) is 9.48. The first-order valence-corrected chi connectivity index (χ1v) is 4.94. The third-order valence-electron chi connectivity index (χ3n) is 1.65. The van der Waals surface area contributed by atoms with Crippen molar-refractivity contribution in [3.8, 4) is 0 Å². The Kier molecular flexibility index (Phi) is 3.99. The van der Waals surface area contributed by atoms with E-state index >= 15 is 0 Å². The van der Waals surface area contributed by atoms with Crippen LogP contribution < -0.4 is 5.32 Å². The Labute approximate surface area is 93.8 Å². The van der Waals surface area contributed by atoms with Crippen LogP contribution in [-0.4, -0.2) is 23.0 Å². The molecule has 0 aromatic carbocycles. The molecule has 16 heavy (non-hydrogen) atoms. The average molecular weight is 222 g/mol. The summed E-state index contributed by atoms with van der Waals surface area (Å²) in [5.41, 5.74) is 0.479. The fraction of sp³-hybridized carbons (Fsp3) is 0.364. The van der Waals surface area contributed by atoms with Crippen molar-refractivity contribution in [2.24, 2.45) is 0 Å². The maximum atomic E-state index is 11.6. The summed E-state index contributed by atoms with van der Waals surface area (Å²) in [7, 11) is 0. The number of amides is 1. The van der Waals surface area contributed by atoms with Crippen molar-refractivity contribution in [1.82, 2.24) is 4.98 Å². The van der Waals surface area contributed by atoms with Crippen LogP contribution in [0.4, 0.5) is 5.69 Å². The Morgan fingerprint density at radius 3 is 2.69 bits per heavy atom. The van der Waals surface area contributed by atoms with E-state index in [1.54, 1.807) is 26.0 Å². The molecule has 0 saturated carbocycles. The first kappa shape index (κ1) is 12.2. The summed E-state index contributed by atoms with van der Waals surface area (Å²) < 4.78 is 5.01. The Balaban J connectivity index is 2.94. The molecule has 0 aliphatic carbocycles. The molecular weight excluding hydrogens is 208 g/mol. The van der Waals surface area contributed by atoms with Crippen LogP contribution in [0.2, 0.25) is 0 Å². The molecule has 1 N–H and O–H groups in total. The number of hydrogen-bond donors (Lipinski definition) is 1. The zero-order valence-electron chi connectivity index (χ0n) is 9.48. The smallest absolute Gasteiger partial charge is 0.359 e. The van der Waals surface area contributed by atoms with Gasteiger partial charge in [-0.15, -0.1) is 0 Å². The third-order valence-corrected chi connectivity index (χ3v) is 1.65.